The molecule has 0 N–H and O–H groups in total. The predicted octanol–water partition coefficient (Wildman–Crippen LogP) is 2.64. The highest BCUT2D eigenvalue weighted by atomic mass is 16.5. The number of carbonyl (C=O) groups is 1. The fraction of sp³-hybridized carbons (Fsp3) is 0.938. The molecule has 0 unspecified atom stereocenters. The minimum absolute atomic E-state index is 0.0189. The van der Waals surface area contributed by atoms with E-state index in [4.69, 9.17) is 4.74 Å². The third-order valence-electron chi connectivity index (χ3n) is 5.71. The van der Waals surface area contributed by atoms with E-state index in [9.17, 15) is 4.79 Å². The third kappa shape index (κ3) is 2.87. The summed E-state index contributed by atoms with van der Waals surface area (Å²) in [6, 6.07) is 0. The van der Waals surface area contributed by atoms with Crippen LogP contribution in [0.1, 0.15) is 51.4 Å². The summed E-state index contributed by atoms with van der Waals surface area (Å²) in [6.45, 7) is 5.28. The summed E-state index contributed by atoms with van der Waals surface area (Å²) in [4.78, 5) is 14.2. The lowest BCUT2D eigenvalue weighted by Crippen LogP contribution is -2.41. The largest absolute Gasteiger partial charge is 0.381 e. The first-order valence-corrected chi connectivity index (χ1v) is 8.03. The molecule has 2 heterocycles. The van der Waals surface area contributed by atoms with E-state index in [-0.39, 0.29) is 5.41 Å². The monoisotopic (exact) mass is 265 g/mol. The molecule has 108 valence electrons. The zero-order chi connectivity index (χ0) is 13.2. The molecule has 3 fully saturated rings. The fourth-order valence-corrected chi connectivity index (χ4v) is 4.39. The van der Waals surface area contributed by atoms with Gasteiger partial charge < -0.3 is 14.4 Å². The highest BCUT2D eigenvalue weighted by molar-refractivity contribution is 5.60. The number of aldehydes is 1. The van der Waals surface area contributed by atoms with Crippen LogP contribution < -0.4 is 0 Å². The van der Waals surface area contributed by atoms with Gasteiger partial charge in [-0.15, -0.1) is 0 Å². The van der Waals surface area contributed by atoms with Crippen molar-refractivity contribution < 1.29 is 9.53 Å². The second-order valence-electron chi connectivity index (χ2n) is 7.11. The number of carbonyl (C=O) groups excluding carboxylic acids is 1. The van der Waals surface area contributed by atoms with Gasteiger partial charge in [-0.05, 0) is 44.1 Å². The van der Waals surface area contributed by atoms with Crippen LogP contribution in [-0.2, 0) is 9.53 Å². The molecule has 1 saturated carbocycles. The van der Waals surface area contributed by atoms with Crippen molar-refractivity contribution in [1.29, 1.82) is 0 Å². The molecule has 3 nitrogen and oxygen atoms in total. The molecule has 2 saturated heterocycles. The van der Waals surface area contributed by atoms with Crippen LogP contribution in [0, 0.1) is 10.8 Å². The molecule has 0 radical (unpaired) electrons. The second kappa shape index (κ2) is 5.53. The maximum absolute atomic E-state index is 11.6. The molecule has 0 aromatic heterocycles. The standard InChI is InChI=1S/C16H27NO2/c18-14-16(4-2-1-3-5-16)13-17-9-6-15(12-17)7-10-19-11-8-15/h14H,1-13H2. The molecule has 0 atom stereocenters. The van der Waals surface area contributed by atoms with Crippen LogP contribution in [0.3, 0.4) is 0 Å². The predicted molar refractivity (Wildman–Crippen MR) is 75.1 cm³/mol. The van der Waals surface area contributed by atoms with E-state index in [1.54, 1.807) is 0 Å². The minimum Gasteiger partial charge on any atom is -0.381 e. The van der Waals surface area contributed by atoms with Crippen molar-refractivity contribution in [2.24, 2.45) is 10.8 Å². The molecule has 1 aliphatic carbocycles. The quantitative estimate of drug-likeness (QED) is 0.735. The smallest absolute Gasteiger partial charge is 0.127 e. The Labute approximate surface area is 116 Å². The van der Waals surface area contributed by atoms with E-state index in [1.165, 1.54) is 57.9 Å². The van der Waals surface area contributed by atoms with Crippen LogP contribution in [0.4, 0.5) is 0 Å². The Balaban J connectivity index is 1.59. The van der Waals surface area contributed by atoms with Crippen molar-refractivity contribution in [2.45, 2.75) is 51.4 Å². The first kappa shape index (κ1) is 13.6. The fourth-order valence-electron chi connectivity index (χ4n) is 4.39. The van der Waals surface area contributed by atoms with Gasteiger partial charge in [0.2, 0.25) is 0 Å². The molecule has 3 rings (SSSR count). The van der Waals surface area contributed by atoms with Gasteiger partial charge in [0.15, 0.2) is 0 Å². The van der Waals surface area contributed by atoms with Crippen molar-refractivity contribution in [2.75, 3.05) is 32.8 Å². The van der Waals surface area contributed by atoms with Crippen molar-refractivity contribution in [3.63, 3.8) is 0 Å². The van der Waals surface area contributed by atoms with Crippen molar-refractivity contribution in [1.82, 2.24) is 4.90 Å². The molecule has 1 spiro atoms. The molecule has 3 heteroatoms. The van der Waals surface area contributed by atoms with Crippen molar-refractivity contribution in [3.8, 4) is 0 Å². The SMILES string of the molecule is O=CC1(CN2CCC3(CCOCC3)C2)CCCCC1. The second-order valence-corrected chi connectivity index (χ2v) is 7.11. The number of ether oxygens (including phenoxy) is 1. The summed E-state index contributed by atoms with van der Waals surface area (Å²) in [6.07, 6.45) is 11.1. The number of hydrogen-bond donors (Lipinski definition) is 0. The van der Waals surface area contributed by atoms with Gasteiger partial charge in [-0.3, -0.25) is 0 Å². The zero-order valence-corrected chi connectivity index (χ0v) is 12.0. The average molecular weight is 265 g/mol. The van der Waals surface area contributed by atoms with E-state index >= 15 is 0 Å². The van der Waals surface area contributed by atoms with Gasteiger partial charge in [-0.2, -0.15) is 0 Å². The minimum atomic E-state index is -0.0189. The molecule has 3 aliphatic rings. The third-order valence-corrected chi connectivity index (χ3v) is 5.71. The number of nitrogens with zero attached hydrogens (tertiary/aromatic N) is 1. The topological polar surface area (TPSA) is 29.5 Å². The summed E-state index contributed by atoms with van der Waals surface area (Å²) < 4.78 is 5.51. The Hall–Kier alpha value is -0.410. The van der Waals surface area contributed by atoms with Crippen molar-refractivity contribution in [3.05, 3.63) is 0 Å². The molecule has 0 amide bonds. The summed E-state index contributed by atoms with van der Waals surface area (Å²) in [5.74, 6) is 0. The zero-order valence-electron chi connectivity index (χ0n) is 12.0. The Morgan fingerprint density at radius 2 is 1.74 bits per heavy atom. The first-order chi connectivity index (χ1) is 9.26. The van der Waals surface area contributed by atoms with Gasteiger partial charge in [0.25, 0.3) is 0 Å². The Morgan fingerprint density at radius 1 is 1.00 bits per heavy atom. The lowest BCUT2D eigenvalue weighted by Gasteiger charge is -2.37. The Bertz CT molecular complexity index is 317. The van der Waals surface area contributed by atoms with Crippen LogP contribution in [0.5, 0.6) is 0 Å². The van der Waals surface area contributed by atoms with Gasteiger partial charge >= 0.3 is 0 Å². The number of rotatable bonds is 3. The van der Waals surface area contributed by atoms with Crippen LogP contribution in [0.15, 0.2) is 0 Å². The lowest BCUT2D eigenvalue weighted by molar-refractivity contribution is -0.119. The van der Waals surface area contributed by atoms with E-state index in [1.807, 2.05) is 0 Å². The van der Waals surface area contributed by atoms with Crippen molar-refractivity contribution >= 4 is 6.29 Å². The van der Waals surface area contributed by atoms with Gasteiger partial charge in [0.1, 0.15) is 6.29 Å². The maximum Gasteiger partial charge on any atom is 0.127 e. The Kier molecular flexibility index (Phi) is 3.95. The summed E-state index contributed by atoms with van der Waals surface area (Å²) in [7, 11) is 0. The normalized spacial score (nSPS) is 30.5. The maximum atomic E-state index is 11.6. The molecular weight excluding hydrogens is 238 g/mol. The average Bonchev–Trinajstić information content (AvgIpc) is 2.83. The van der Waals surface area contributed by atoms with Gasteiger partial charge in [0.05, 0.1) is 0 Å². The summed E-state index contributed by atoms with van der Waals surface area (Å²) >= 11 is 0. The lowest BCUT2D eigenvalue weighted by atomic mass is 9.74. The van der Waals surface area contributed by atoms with E-state index in [2.05, 4.69) is 4.90 Å². The van der Waals surface area contributed by atoms with Crippen LogP contribution in [-0.4, -0.2) is 44.0 Å². The Morgan fingerprint density at radius 3 is 2.42 bits per heavy atom. The molecule has 2 aliphatic heterocycles. The number of likely N-dealkylation sites (tertiary alicyclic amines) is 1. The van der Waals surface area contributed by atoms with Crippen LogP contribution >= 0.6 is 0 Å². The van der Waals surface area contributed by atoms with E-state index in [0.717, 1.165) is 32.6 Å². The molecule has 19 heavy (non-hydrogen) atoms. The van der Waals surface area contributed by atoms with Gasteiger partial charge in [0, 0.05) is 31.7 Å². The van der Waals surface area contributed by atoms with Gasteiger partial charge in [-0.25, -0.2) is 0 Å². The molecule has 0 aromatic carbocycles. The highest BCUT2D eigenvalue weighted by Crippen LogP contribution is 2.42. The summed E-state index contributed by atoms with van der Waals surface area (Å²) in [5.41, 5.74) is 0.492. The van der Waals surface area contributed by atoms with E-state index in [0.29, 0.717) is 5.41 Å². The van der Waals surface area contributed by atoms with Crippen LogP contribution in [0.25, 0.3) is 0 Å². The summed E-state index contributed by atoms with van der Waals surface area (Å²) in [5, 5.41) is 0. The van der Waals surface area contributed by atoms with Gasteiger partial charge in [-0.1, -0.05) is 19.3 Å². The molecule has 0 aromatic rings. The highest BCUT2D eigenvalue weighted by Gasteiger charge is 2.42. The van der Waals surface area contributed by atoms with E-state index < -0.39 is 0 Å². The molecular formula is C16H27NO2. The molecule has 0 bridgehead atoms. The van der Waals surface area contributed by atoms with Crippen LogP contribution in [0.2, 0.25) is 0 Å². The first-order valence-electron chi connectivity index (χ1n) is 8.03. The number of hydrogen-bond acceptors (Lipinski definition) is 3.